The molecule has 0 N–H and O–H groups in total. The van der Waals surface area contributed by atoms with Crippen molar-refractivity contribution in [2.75, 3.05) is 0 Å². The smallest absolute Gasteiger partial charge is 0.313 e. The molecule has 0 unspecified atom stereocenters. The zero-order valence-electron chi connectivity index (χ0n) is 9.13. The van der Waals surface area contributed by atoms with Crippen LogP contribution in [0.1, 0.15) is 38.5 Å². The molecule has 0 aromatic rings. The fourth-order valence-corrected chi connectivity index (χ4v) is 1.65. The van der Waals surface area contributed by atoms with Gasteiger partial charge in [-0.1, -0.05) is 0 Å². The lowest BCUT2D eigenvalue weighted by Crippen LogP contribution is -2.12. The Labute approximate surface area is 121 Å². The maximum absolute atomic E-state index is 11.2. The van der Waals surface area contributed by atoms with E-state index >= 15 is 0 Å². The first-order chi connectivity index (χ1) is 7.91. The zero-order valence-corrected chi connectivity index (χ0v) is 12.2. The lowest BCUT2D eigenvalue weighted by atomic mass is 10.2. The summed E-state index contributed by atoms with van der Waals surface area (Å²) in [6, 6.07) is 0. The largest absolute Gasteiger partial charge is 0.393 e. The summed E-state index contributed by atoms with van der Waals surface area (Å²) in [5.41, 5.74) is 0. The third-order valence-electron chi connectivity index (χ3n) is 1.83. The van der Waals surface area contributed by atoms with Gasteiger partial charge < -0.3 is 4.74 Å². The Morgan fingerprint density at radius 2 is 1.18 bits per heavy atom. The molecule has 100 valence electrons. The van der Waals surface area contributed by atoms with Gasteiger partial charge in [0.15, 0.2) is 0 Å². The van der Waals surface area contributed by atoms with Crippen molar-refractivity contribution in [3.63, 3.8) is 0 Å². The van der Waals surface area contributed by atoms with Crippen LogP contribution < -0.4 is 0 Å². The molecule has 0 aromatic carbocycles. The minimum Gasteiger partial charge on any atom is -0.393 e. The highest BCUT2D eigenvalue weighted by Gasteiger charge is 2.11. The molecule has 0 radical (unpaired) electrons. The summed E-state index contributed by atoms with van der Waals surface area (Å²) in [4.78, 5) is 21.3. The lowest BCUT2D eigenvalue weighted by Gasteiger charge is -2.04. The molecule has 0 aromatic heterocycles. The number of rotatable bonds is 8. The minimum atomic E-state index is -0.558. The van der Waals surface area contributed by atoms with E-state index in [1.54, 1.807) is 0 Å². The van der Waals surface area contributed by atoms with E-state index in [0.717, 1.165) is 0 Å². The molecule has 0 fully saturated rings. The van der Waals surface area contributed by atoms with Crippen LogP contribution in [0.5, 0.6) is 0 Å². The van der Waals surface area contributed by atoms with Gasteiger partial charge in [-0.05, 0) is 25.7 Å². The molecule has 0 saturated carbocycles. The average molecular weight is 324 g/mol. The van der Waals surface area contributed by atoms with E-state index < -0.39 is 21.6 Å². The molecule has 0 amide bonds. The van der Waals surface area contributed by atoms with Crippen LogP contribution in [0.3, 0.4) is 0 Å². The second kappa shape index (κ2) is 10.2. The van der Waals surface area contributed by atoms with Crippen molar-refractivity contribution in [3.05, 3.63) is 0 Å². The van der Waals surface area contributed by atoms with E-state index in [1.807, 2.05) is 0 Å². The second-order valence-corrected chi connectivity index (χ2v) is 5.97. The fraction of sp³-hybridized carbons (Fsp3) is 0.800. The summed E-state index contributed by atoms with van der Waals surface area (Å²) in [6.45, 7) is 0. The Hall–Kier alpha value is 0.300. The van der Waals surface area contributed by atoms with Gasteiger partial charge >= 0.3 is 11.9 Å². The summed E-state index contributed by atoms with van der Waals surface area (Å²) in [5.74, 6) is -1.12. The van der Waals surface area contributed by atoms with Gasteiger partial charge in [0.2, 0.25) is 0 Å². The zero-order chi connectivity index (χ0) is 13.3. The number of carbonyl (C=O) groups excluding carboxylic acids is 2. The van der Waals surface area contributed by atoms with Crippen LogP contribution in [-0.4, -0.2) is 21.6 Å². The predicted molar refractivity (Wildman–Crippen MR) is 69.8 cm³/mol. The van der Waals surface area contributed by atoms with E-state index in [1.165, 1.54) is 0 Å². The highest BCUT2D eigenvalue weighted by molar-refractivity contribution is 6.44. The van der Waals surface area contributed by atoms with Crippen molar-refractivity contribution in [1.82, 2.24) is 0 Å². The van der Waals surface area contributed by atoms with Crippen molar-refractivity contribution in [2.24, 2.45) is 0 Å². The van der Waals surface area contributed by atoms with Gasteiger partial charge in [-0.2, -0.15) is 0 Å². The molecule has 0 aliphatic heterocycles. The highest BCUT2D eigenvalue weighted by Crippen LogP contribution is 2.13. The minimum absolute atomic E-state index is 0.134. The lowest BCUT2D eigenvalue weighted by molar-refractivity contribution is -0.159. The monoisotopic (exact) mass is 322 g/mol. The Morgan fingerprint density at radius 1 is 0.824 bits per heavy atom. The van der Waals surface area contributed by atoms with Gasteiger partial charge in [-0.3, -0.25) is 9.59 Å². The molecule has 0 heterocycles. The molecule has 0 atom stereocenters. The van der Waals surface area contributed by atoms with E-state index in [-0.39, 0.29) is 12.8 Å². The standard InChI is InChI=1S/C10H14Cl4O3/c11-7(12)3-1-5-9(15)17-10(16)6-2-4-8(13)14/h7-8H,1-6H2. The summed E-state index contributed by atoms with van der Waals surface area (Å²) >= 11 is 21.9. The third kappa shape index (κ3) is 12.5. The Kier molecular flexibility index (Phi) is 10.4. The fourth-order valence-electron chi connectivity index (χ4n) is 1.03. The molecule has 0 aliphatic carbocycles. The molecular formula is C10H14Cl4O3. The molecule has 0 aliphatic rings. The van der Waals surface area contributed by atoms with Gasteiger partial charge in [-0.25, -0.2) is 0 Å². The Balaban J connectivity index is 3.56. The van der Waals surface area contributed by atoms with Crippen molar-refractivity contribution in [2.45, 2.75) is 48.2 Å². The van der Waals surface area contributed by atoms with Crippen molar-refractivity contribution >= 4 is 58.3 Å². The molecule has 3 nitrogen and oxygen atoms in total. The average Bonchev–Trinajstić information content (AvgIpc) is 2.15. The van der Waals surface area contributed by atoms with E-state index in [4.69, 9.17) is 46.4 Å². The number of ether oxygens (including phenoxy) is 1. The van der Waals surface area contributed by atoms with Crippen LogP contribution >= 0.6 is 46.4 Å². The van der Waals surface area contributed by atoms with Gasteiger partial charge in [0, 0.05) is 12.8 Å². The first-order valence-corrected chi connectivity index (χ1v) is 6.96. The van der Waals surface area contributed by atoms with Crippen molar-refractivity contribution < 1.29 is 14.3 Å². The second-order valence-electron chi connectivity index (χ2n) is 3.41. The molecule has 7 heteroatoms. The van der Waals surface area contributed by atoms with Crippen LogP contribution in [0.2, 0.25) is 0 Å². The number of halogens is 4. The SMILES string of the molecule is O=C(CCCC(Cl)Cl)OC(=O)CCCC(Cl)Cl. The predicted octanol–water partition coefficient (Wildman–Crippen LogP) is 4.00. The number of hydrogen-bond acceptors (Lipinski definition) is 3. The molecular weight excluding hydrogens is 310 g/mol. The summed E-state index contributed by atoms with van der Waals surface area (Å²) in [5, 5.41) is 0. The number of hydrogen-bond donors (Lipinski definition) is 0. The van der Waals surface area contributed by atoms with Crippen LogP contribution in [0.15, 0.2) is 0 Å². The molecule has 0 saturated heterocycles. The summed E-state index contributed by atoms with van der Waals surface area (Å²) in [6.07, 6.45) is 2.24. The first kappa shape index (κ1) is 17.3. The van der Waals surface area contributed by atoms with Gasteiger partial charge in [0.1, 0.15) is 9.67 Å². The highest BCUT2D eigenvalue weighted by atomic mass is 35.5. The Morgan fingerprint density at radius 3 is 1.47 bits per heavy atom. The maximum atomic E-state index is 11.2. The maximum Gasteiger partial charge on any atom is 0.313 e. The molecule has 0 spiro atoms. The number of esters is 2. The third-order valence-corrected chi connectivity index (χ3v) is 2.71. The van der Waals surface area contributed by atoms with E-state index in [2.05, 4.69) is 4.74 Å². The topological polar surface area (TPSA) is 43.4 Å². The van der Waals surface area contributed by atoms with Crippen LogP contribution in [0.4, 0.5) is 0 Å². The van der Waals surface area contributed by atoms with Crippen LogP contribution in [0, 0.1) is 0 Å². The van der Waals surface area contributed by atoms with E-state index in [9.17, 15) is 9.59 Å². The van der Waals surface area contributed by atoms with E-state index in [0.29, 0.717) is 25.7 Å². The Bertz CT molecular complexity index is 220. The summed E-state index contributed by atoms with van der Waals surface area (Å²) in [7, 11) is 0. The number of carbonyl (C=O) groups is 2. The number of alkyl halides is 4. The first-order valence-electron chi connectivity index (χ1n) is 5.21. The van der Waals surface area contributed by atoms with Gasteiger partial charge in [-0.15, -0.1) is 46.4 Å². The van der Waals surface area contributed by atoms with Crippen LogP contribution in [-0.2, 0) is 14.3 Å². The van der Waals surface area contributed by atoms with Gasteiger partial charge in [0.05, 0.1) is 0 Å². The quantitative estimate of drug-likeness (QED) is 0.385. The van der Waals surface area contributed by atoms with Crippen LogP contribution in [0.25, 0.3) is 0 Å². The van der Waals surface area contributed by atoms with Crippen molar-refractivity contribution in [3.8, 4) is 0 Å². The van der Waals surface area contributed by atoms with Crippen molar-refractivity contribution in [1.29, 1.82) is 0 Å². The normalized spacial score (nSPS) is 10.9. The van der Waals surface area contributed by atoms with Gasteiger partial charge in [0.25, 0.3) is 0 Å². The molecule has 0 bridgehead atoms. The molecule has 17 heavy (non-hydrogen) atoms. The summed E-state index contributed by atoms with van der Waals surface area (Å²) < 4.78 is 4.56. The molecule has 0 rings (SSSR count).